The minimum absolute atomic E-state index is 0.721. The molecular weight excluding hydrogens is 208 g/mol. The van der Waals surface area contributed by atoms with E-state index in [1.54, 1.807) is 0 Å². The van der Waals surface area contributed by atoms with E-state index in [9.17, 15) is 0 Å². The van der Waals surface area contributed by atoms with Crippen molar-refractivity contribution in [2.45, 2.75) is 33.7 Å². The third-order valence-corrected chi connectivity index (χ3v) is 2.97. The summed E-state index contributed by atoms with van der Waals surface area (Å²) >= 11 is 0. The standard InChI is InChI=1S/C15H20N2/c1-12(2)9-10-17-13(3)11-15(16-17)14-7-5-4-6-8-14/h4-8,11-12H,9-10H2,1-3H3. The van der Waals surface area contributed by atoms with E-state index < -0.39 is 0 Å². The maximum absolute atomic E-state index is 4.67. The van der Waals surface area contributed by atoms with Gasteiger partial charge in [-0.3, -0.25) is 4.68 Å². The van der Waals surface area contributed by atoms with Crippen molar-refractivity contribution in [3.63, 3.8) is 0 Å². The molecule has 0 spiro atoms. The summed E-state index contributed by atoms with van der Waals surface area (Å²) in [7, 11) is 0. The Morgan fingerprint density at radius 1 is 1.18 bits per heavy atom. The van der Waals surface area contributed by atoms with Crippen molar-refractivity contribution < 1.29 is 0 Å². The Morgan fingerprint density at radius 3 is 2.53 bits per heavy atom. The van der Waals surface area contributed by atoms with Gasteiger partial charge in [-0.2, -0.15) is 5.10 Å². The van der Waals surface area contributed by atoms with Crippen LogP contribution in [0.15, 0.2) is 36.4 Å². The first kappa shape index (κ1) is 11.9. The van der Waals surface area contributed by atoms with Crippen LogP contribution < -0.4 is 0 Å². The van der Waals surface area contributed by atoms with Crippen LogP contribution in [0, 0.1) is 12.8 Å². The van der Waals surface area contributed by atoms with Gasteiger partial charge in [-0.25, -0.2) is 0 Å². The van der Waals surface area contributed by atoms with Gasteiger partial charge in [0.05, 0.1) is 5.69 Å². The average molecular weight is 228 g/mol. The summed E-state index contributed by atoms with van der Waals surface area (Å²) in [6.07, 6.45) is 1.18. The van der Waals surface area contributed by atoms with Gasteiger partial charge < -0.3 is 0 Å². The highest BCUT2D eigenvalue weighted by Gasteiger charge is 2.06. The summed E-state index contributed by atoms with van der Waals surface area (Å²) in [5.74, 6) is 0.721. The van der Waals surface area contributed by atoms with Crippen molar-refractivity contribution in [3.8, 4) is 11.3 Å². The Balaban J connectivity index is 2.19. The van der Waals surface area contributed by atoms with Crippen LogP contribution in [-0.2, 0) is 6.54 Å². The number of nitrogens with zero attached hydrogens (tertiary/aromatic N) is 2. The number of hydrogen-bond acceptors (Lipinski definition) is 1. The third-order valence-electron chi connectivity index (χ3n) is 2.97. The van der Waals surface area contributed by atoms with Crippen molar-refractivity contribution in [2.24, 2.45) is 5.92 Å². The summed E-state index contributed by atoms with van der Waals surface area (Å²) in [6, 6.07) is 12.5. The average Bonchev–Trinajstić information content (AvgIpc) is 2.69. The fourth-order valence-electron chi connectivity index (χ4n) is 1.87. The minimum Gasteiger partial charge on any atom is -0.269 e. The van der Waals surface area contributed by atoms with E-state index in [-0.39, 0.29) is 0 Å². The number of benzene rings is 1. The lowest BCUT2D eigenvalue weighted by Gasteiger charge is -2.06. The molecule has 0 atom stereocenters. The molecule has 0 fully saturated rings. The third kappa shape index (κ3) is 2.96. The summed E-state index contributed by atoms with van der Waals surface area (Å²) < 4.78 is 2.11. The maximum Gasteiger partial charge on any atom is 0.0925 e. The van der Waals surface area contributed by atoms with Crippen LogP contribution in [0.4, 0.5) is 0 Å². The Morgan fingerprint density at radius 2 is 1.88 bits per heavy atom. The molecule has 2 aromatic rings. The molecule has 0 aliphatic carbocycles. The molecule has 90 valence electrons. The molecular formula is C15H20N2. The Bertz CT molecular complexity index is 469. The van der Waals surface area contributed by atoms with Crippen LogP contribution in [0.5, 0.6) is 0 Å². The van der Waals surface area contributed by atoms with Gasteiger partial charge in [0.15, 0.2) is 0 Å². The zero-order chi connectivity index (χ0) is 12.3. The second-order valence-corrected chi connectivity index (χ2v) is 4.94. The Labute approximate surface area is 103 Å². The summed E-state index contributed by atoms with van der Waals surface area (Å²) in [6.45, 7) is 7.63. The summed E-state index contributed by atoms with van der Waals surface area (Å²) in [5, 5.41) is 4.67. The van der Waals surface area contributed by atoms with Gasteiger partial charge in [-0.1, -0.05) is 44.2 Å². The Kier molecular flexibility index (Phi) is 3.62. The molecule has 0 radical (unpaired) electrons. The zero-order valence-electron chi connectivity index (χ0n) is 10.9. The predicted octanol–water partition coefficient (Wildman–Crippen LogP) is 3.90. The lowest BCUT2D eigenvalue weighted by atomic mass is 10.1. The molecule has 0 saturated heterocycles. The largest absolute Gasteiger partial charge is 0.269 e. The topological polar surface area (TPSA) is 17.8 Å². The number of hydrogen-bond donors (Lipinski definition) is 0. The highest BCUT2D eigenvalue weighted by Crippen LogP contribution is 2.18. The van der Waals surface area contributed by atoms with E-state index >= 15 is 0 Å². The fourth-order valence-corrected chi connectivity index (χ4v) is 1.87. The van der Waals surface area contributed by atoms with Gasteiger partial charge in [-0.15, -0.1) is 0 Å². The molecule has 0 bridgehead atoms. The highest BCUT2D eigenvalue weighted by atomic mass is 15.3. The lowest BCUT2D eigenvalue weighted by molar-refractivity contribution is 0.481. The maximum atomic E-state index is 4.67. The van der Waals surface area contributed by atoms with Gasteiger partial charge in [0, 0.05) is 17.8 Å². The van der Waals surface area contributed by atoms with Gasteiger partial charge in [0.2, 0.25) is 0 Å². The predicted molar refractivity (Wildman–Crippen MR) is 71.9 cm³/mol. The molecule has 0 aliphatic heterocycles. The van der Waals surface area contributed by atoms with Crippen LogP contribution in [0.25, 0.3) is 11.3 Å². The molecule has 0 unspecified atom stereocenters. The fraction of sp³-hybridized carbons (Fsp3) is 0.400. The minimum atomic E-state index is 0.721. The number of aryl methyl sites for hydroxylation is 2. The van der Waals surface area contributed by atoms with E-state index in [4.69, 9.17) is 0 Å². The second-order valence-electron chi connectivity index (χ2n) is 4.94. The molecule has 2 heteroatoms. The van der Waals surface area contributed by atoms with E-state index in [0.29, 0.717) is 0 Å². The van der Waals surface area contributed by atoms with Crippen LogP contribution in [0.2, 0.25) is 0 Å². The highest BCUT2D eigenvalue weighted by molar-refractivity contribution is 5.58. The quantitative estimate of drug-likeness (QED) is 0.776. The van der Waals surface area contributed by atoms with Crippen LogP contribution >= 0.6 is 0 Å². The SMILES string of the molecule is Cc1cc(-c2ccccc2)nn1CCC(C)C. The Hall–Kier alpha value is -1.57. The second kappa shape index (κ2) is 5.17. The molecule has 1 aromatic carbocycles. The number of aromatic nitrogens is 2. The first-order valence-corrected chi connectivity index (χ1v) is 6.26. The van der Waals surface area contributed by atoms with Gasteiger partial charge >= 0.3 is 0 Å². The molecule has 2 rings (SSSR count). The molecule has 2 nitrogen and oxygen atoms in total. The molecule has 17 heavy (non-hydrogen) atoms. The van der Waals surface area contributed by atoms with Crippen LogP contribution in [0.1, 0.15) is 26.0 Å². The zero-order valence-corrected chi connectivity index (χ0v) is 10.9. The monoisotopic (exact) mass is 228 g/mol. The van der Waals surface area contributed by atoms with E-state index in [1.165, 1.54) is 17.7 Å². The van der Waals surface area contributed by atoms with Gasteiger partial charge in [-0.05, 0) is 25.3 Å². The molecule has 0 amide bonds. The van der Waals surface area contributed by atoms with E-state index in [2.05, 4.69) is 60.9 Å². The molecule has 1 heterocycles. The summed E-state index contributed by atoms with van der Waals surface area (Å²) in [5.41, 5.74) is 3.51. The van der Waals surface area contributed by atoms with Crippen molar-refractivity contribution in [2.75, 3.05) is 0 Å². The normalized spacial score (nSPS) is 11.1. The van der Waals surface area contributed by atoms with Crippen LogP contribution in [-0.4, -0.2) is 9.78 Å². The van der Waals surface area contributed by atoms with E-state index in [0.717, 1.165) is 18.2 Å². The van der Waals surface area contributed by atoms with Crippen molar-refractivity contribution in [1.82, 2.24) is 9.78 Å². The van der Waals surface area contributed by atoms with Gasteiger partial charge in [0.1, 0.15) is 0 Å². The number of rotatable bonds is 4. The van der Waals surface area contributed by atoms with Gasteiger partial charge in [0.25, 0.3) is 0 Å². The molecule has 0 N–H and O–H groups in total. The first-order chi connectivity index (χ1) is 8.16. The van der Waals surface area contributed by atoms with E-state index in [1.807, 2.05) is 6.07 Å². The van der Waals surface area contributed by atoms with Crippen LogP contribution in [0.3, 0.4) is 0 Å². The molecule has 0 saturated carbocycles. The van der Waals surface area contributed by atoms with Crippen molar-refractivity contribution in [1.29, 1.82) is 0 Å². The molecule has 0 aliphatic rings. The smallest absolute Gasteiger partial charge is 0.0925 e. The summed E-state index contributed by atoms with van der Waals surface area (Å²) in [4.78, 5) is 0. The van der Waals surface area contributed by atoms with Crippen molar-refractivity contribution >= 4 is 0 Å². The lowest BCUT2D eigenvalue weighted by Crippen LogP contribution is -2.04. The first-order valence-electron chi connectivity index (χ1n) is 6.26. The van der Waals surface area contributed by atoms with Crippen molar-refractivity contribution in [3.05, 3.63) is 42.1 Å². The molecule has 1 aromatic heterocycles.